The van der Waals surface area contributed by atoms with Gasteiger partial charge >= 0.3 is 61.0 Å². The van der Waals surface area contributed by atoms with E-state index in [0.29, 0.717) is 12.0 Å². The van der Waals surface area contributed by atoms with E-state index in [2.05, 4.69) is 19.2 Å². The molecule has 1 aliphatic heterocycles. The molecule has 1 saturated heterocycles. The molecule has 0 spiro atoms. The number of carbonyl (C=O) groups excluding carboxylic acids is 1. The second kappa shape index (κ2) is 2.72. The Morgan fingerprint density at radius 3 is 2.67 bits per heavy atom. The van der Waals surface area contributed by atoms with Crippen molar-refractivity contribution in [2.24, 2.45) is 5.92 Å². The molecule has 1 atom stereocenters. The van der Waals surface area contributed by atoms with E-state index in [1.807, 2.05) is 0 Å². The van der Waals surface area contributed by atoms with Crippen LogP contribution in [-0.2, 0) is 0 Å². The van der Waals surface area contributed by atoms with E-state index >= 15 is 0 Å². The van der Waals surface area contributed by atoms with Gasteiger partial charge in [0.25, 0.3) is 0 Å². The van der Waals surface area contributed by atoms with Crippen molar-refractivity contribution < 1.29 is 4.79 Å². The van der Waals surface area contributed by atoms with Gasteiger partial charge in [0.1, 0.15) is 0 Å². The first-order valence-corrected chi connectivity index (χ1v) is 5.20. The summed E-state index contributed by atoms with van der Waals surface area (Å²) < 4.78 is 0. The van der Waals surface area contributed by atoms with Gasteiger partial charge in [-0.1, -0.05) is 0 Å². The number of nitrogens with one attached hydrogen (secondary N) is 1. The zero-order chi connectivity index (χ0) is 6.85. The van der Waals surface area contributed by atoms with Crippen molar-refractivity contribution >= 4 is 19.8 Å². The Morgan fingerprint density at radius 2 is 2.44 bits per heavy atom. The number of hydrogen-bond donors (Lipinski definition) is 1. The fourth-order valence-corrected chi connectivity index (χ4v) is 2.93. The van der Waals surface area contributed by atoms with Gasteiger partial charge in [-0.05, 0) is 0 Å². The van der Waals surface area contributed by atoms with Crippen LogP contribution < -0.4 is 5.32 Å². The third-order valence-electron chi connectivity index (χ3n) is 1.50. The molecule has 52 valence electrons. The molecule has 2 nitrogen and oxygen atoms in total. The molecule has 0 aromatic rings. The molecule has 9 heavy (non-hydrogen) atoms. The summed E-state index contributed by atoms with van der Waals surface area (Å²) in [5, 5.41) is 4.03. The Balaban J connectivity index is 2.39. The van der Waals surface area contributed by atoms with Crippen molar-refractivity contribution in [1.29, 1.82) is 0 Å². The summed E-state index contributed by atoms with van der Waals surface area (Å²) in [5.74, 6) is 0.610. The third kappa shape index (κ3) is 1.70. The second-order valence-electron chi connectivity index (χ2n) is 2.59. The van der Waals surface area contributed by atoms with Crippen molar-refractivity contribution in [2.75, 3.05) is 0 Å². The summed E-state index contributed by atoms with van der Waals surface area (Å²) in [6.45, 7) is 4.29. The molecule has 1 heterocycles. The Kier molecular flexibility index (Phi) is 2.14. The van der Waals surface area contributed by atoms with Crippen LogP contribution in [0.15, 0.2) is 0 Å². The molecule has 0 radical (unpaired) electrons. The molecule has 1 N–H and O–H groups in total. The normalized spacial score (nSPS) is 27.0. The van der Waals surface area contributed by atoms with E-state index in [1.165, 1.54) is 0 Å². The van der Waals surface area contributed by atoms with Crippen LogP contribution in [0.25, 0.3) is 0 Å². The molecule has 1 rings (SSSR count). The molecule has 0 saturated carbocycles. The summed E-state index contributed by atoms with van der Waals surface area (Å²) in [5.41, 5.74) is 0. The number of rotatable bonds is 1. The van der Waals surface area contributed by atoms with E-state index in [9.17, 15) is 4.79 Å². The average Bonchev–Trinajstić information content (AvgIpc) is 2.14. The molecule has 3 heteroatoms. The van der Waals surface area contributed by atoms with Crippen LogP contribution in [0.3, 0.4) is 0 Å². The van der Waals surface area contributed by atoms with E-state index in [-0.39, 0.29) is 19.8 Å². The van der Waals surface area contributed by atoms with Crippen molar-refractivity contribution in [2.45, 2.75) is 25.2 Å². The van der Waals surface area contributed by atoms with Gasteiger partial charge in [0.15, 0.2) is 0 Å². The Hall–Kier alpha value is -0.0105. The van der Waals surface area contributed by atoms with Gasteiger partial charge in [0.2, 0.25) is 0 Å². The van der Waals surface area contributed by atoms with E-state index < -0.39 is 0 Å². The predicted octanol–water partition coefficient (Wildman–Crippen LogP) is 0.857. The summed E-state index contributed by atoms with van der Waals surface area (Å²) in [6, 6.07) is 0.470. The molecule has 0 aromatic heterocycles. The first-order chi connectivity index (χ1) is 4.20. The summed E-state index contributed by atoms with van der Waals surface area (Å²) in [4.78, 5) is 11.0. The van der Waals surface area contributed by atoms with Crippen LogP contribution in [0.4, 0.5) is 4.79 Å². The van der Waals surface area contributed by atoms with Gasteiger partial charge in [-0.25, -0.2) is 0 Å². The quantitative estimate of drug-likeness (QED) is 0.613. The number of carbonyl (C=O) groups is 1. The van der Waals surface area contributed by atoms with Crippen molar-refractivity contribution in [3.05, 3.63) is 0 Å². The number of hydrogen-bond acceptors (Lipinski definition) is 1. The predicted molar refractivity (Wildman–Crippen MR) is 37.7 cm³/mol. The maximum absolute atomic E-state index is 10.7. The monoisotopic (exact) mass is 193 g/mol. The summed E-state index contributed by atoms with van der Waals surface area (Å²) in [7, 11) is 0. The third-order valence-corrected chi connectivity index (χ3v) is 3.40. The van der Waals surface area contributed by atoms with Crippen LogP contribution in [0, 0.1) is 5.92 Å². The zero-order valence-electron chi connectivity index (χ0n) is 5.68. The van der Waals surface area contributed by atoms with Crippen LogP contribution in [0.5, 0.6) is 0 Å². The Labute approximate surface area is 61.6 Å². The van der Waals surface area contributed by atoms with Gasteiger partial charge in [-0.3, -0.25) is 0 Å². The van der Waals surface area contributed by atoms with Crippen LogP contribution in [0.1, 0.15) is 13.8 Å². The van der Waals surface area contributed by atoms with Gasteiger partial charge < -0.3 is 0 Å². The standard InChI is InChI=1S/C6H11NOSe/c1-4(2)5-3-9-6(8)7-5/h4-5H,3H2,1-2H3,(H,7,8)/t5-/m1/s1. The van der Waals surface area contributed by atoms with E-state index in [4.69, 9.17) is 0 Å². The molecule has 0 bridgehead atoms. The second-order valence-corrected chi connectivity index (χ2v) is 4.68. The summed E-state index contributed by atoms with van der Waals surface area (Å²) >= 11 is 0.231. The molecule has 0 unspecified atom stereocenters. The molecular formula is C6H11NOSe. The molecule has 1 amide bonds. The molecule has 1 fully saturated rings. The van der Waals surface area contributed by atoms with Crippen molar-refractivity contribution in [1.82, 2.24) is 5.32 Å². The fourth-order valence-electron chi connectivity index (χ4n) is 0.759. The van der Waals surface area contributed by atoms with Crippen LogP contribution in [0.2, 0.25) is 5.32 Å². The van der Waals surface area contributed by atoms with Crippen LogP contribution in [-0.4, -0.2) is 25.8 Å². The first-order valence-electron chi connectivity index (χ1n) is 3.13. The van der Waals surface area contributed by atoms with Crippen LogP contribution >= 0.6 is 0 Å². The SMILES string of the molecule is CC(C)[C@H]1C[Se]C(=O)N1. The minimum absolute atomic E-state index is 0.231. The first kappa shape index (κ1) is 7.10. The zero-order valence-corrected chi connectivity index (χ0v) is 7.39. The van der Waals surface area contributed by atoms with Crippen molar-refractivity contribution in [3.63, 3.8) is 0 Å². The van der Waals surface area contributed by atoms with Gasteiger partial charge in [-0.2, -0.15) is 0 Å². The molecule has 0 aliphatic carbocycles. The molecule has 0 aromatic carbocycles. The topological polar surface area (TPSA) is 29.1 Å². The maximum atomic E-state index is 10.7. The van der Waals surface area contributed by atoms with Crippen molar-refractivity contribution in [3.8, 4) is 0 Å². The van der Waals surface area contributed by atoms with Gasteiger partial charge in [-0.15, -0.1) is 0 Å². The van der Waals surface area contributed by atoms with Gasteiger partial charge in [0, 0.05) is 0 Å². The van der Waals surface area contributed by atoms with Gasteiger partial charge in [0.05, 0.1) is 0 Å². The minimum atomic E-state index is 0.231. The molecule has 1 aliphatic rings. The Bertz CT molecular complexity index is 124. The molecular weight excluding hydrogens is 181 g/mol. The Morgan fingerprint density at radius 1 is 1.78 bits per heavy atom. The average molecular weight is 192 g/mol. The fraction of sp³-hybridized carbons (Fsp3) is 0.833. The van der Waals surface area contributed by atoms with E-state index in [0.717, 1.165) is 5.32 Å². The van der Waals surface area contributed by atoms with E-state index in [1.54, 1.807) is 0 Å². The summed E-state index contributed by atoms with van der Waals surface area (Å²) in [6.07, 6.45) is 0. The number of amides is 1.